The van der Waals surface area contributed by atoms with Crippen LogP contribution < -0.4 is 0 Å². The first-order valence-corrected chi connectivity index (χ1v) is 13.1. The van der Waals surface area contributed by atoms with E-state index in [1.54, 1.807) is 0 Å². The van der Waals surface area contributed by atoms with Gasteiger partial charge >= 0.3 is 49.6 Å². The third-order valence-electron chi connectivity index (χ3n) is 0. The first-order chi connectivity index (χ1) is 3.73. The fourth-order valence-corrected chi connectivity index (χ4v) is 0. The van der Waals surface area contributed by atoms with E-state index in [0.717, 1.165) is 0 Å². The zero-order valence-corrected chi connectivity index (χ0v) is 10.6. The Morgan fingerprint density at radius 1 is 0.889 bits per heavy atom. The van der Waals surface area contributed by atoms with Crippen molar-refractivity contribution in [3.63, 3.8) is 0 Å². The fourth-order valence-electron chi connectivity index (χ4n) is 0. The molecule has 9 heavy (non-hydrogen) atoms. The van der Waals surface area contributed by atoms with Crippen LogP contribution in [0.5, 0.6) is 0 Å². The molecule has 1 nitrogen and oxygen atoms in total. The summed E-state index contributed by atoms with van der Waals surface area (Å²) in [6, 6.07) is 0. The Balaban J connectivity index is 0. The van der Waals surface area contributed by atoms with Gasteiger partial charge in [0.25, 0.3) is 0 Å². The van der Waals surface area contributed by atoms with Crippen molar-refractivity contribution in [1.82, 2.24) is 4.90 Å². The van der Waals surface area contributed by atoms with Gasteiger partial charge in [0.15, 0.2) is 0 Å². The summed E-state index contributed by atoms with van der Waals surface area (Å²) in [4.78, 5) is 2.00. The Hall–Kier alpha value is 1.66. The van der Waals surface area contributed by atoms with Crippen molar-refractivity contribution in [1.29, 1.82) is 0 Å². The number of rotatable bonds is 0. The summed E-state index contributed by atoms with van der Waals surface area (Å²) in [7, 11) is 22.9. The van der Waals surface area contributed by atoms with E-state index in [1.807, 2.05) is 26.0 Å². The van der Waals surface area contributed by atoms with E-state index in [0.29, 0.717) is 0 Å². The SMILES string of the molecule is CN(C)C.[Cl][Ge]([Cl])([Cl])[Cl]. The average Bonchev–Trinajstić information content (AvgIpc) is 1.19. The molecule has 0 bridgehead atoms. The van der Waals surface area contributed by atoms with Gasteiger partial charge in [-0.15, -0.1) is 0 Å². The Morgan fingerprint density at radius 3 is 0.889 bits per heavy atom. The van der Waals surface area contributed by atoms with E-state index in [1.165, 1.54) is 0 Å². The molecule has 0 aromatic heterocycles. The maximum absolute atomic E-state index is 5.01. The van der Waals surface area contributed by atoms with Gasteiger partial charge in [0, 0.05) is 0 Å². The second kappa shape index (κ2) is 6.38. The third-order valence-corrected chi connectivity index (χ3v) is 0. The van der Waals surface area contributed by atoms with Gasteiger partial charge in [0.05, 0.1) is 0 Å². The molecule has 0 radical (unpaired) electrons. The normalized spacial score (nSPS) is 10.7. The molecule has 0 aliphatic heterocycles. The van der Waals surface area contributed by atoms with E-state index < -0.39 is 9.55 Å². The number of hydrogen-bond donors (Lipinski definition) is 0. The molecule has 0 fully saturated rings. The quantitative estimate of drug-likeness (QED) is 0.613. The molecule has 0 N–H and O–H groups in total. The molecule has 0 rings (SSSR count). The third kappa shape index (κ3) is 205. The summed E-state index contributed by atoms with van der Waals surface area (Å²) < 4.78 is 0. The number of halogens is 4. The van der Waals surface area contributed by atoms with Crippen LogP contribution in [0.2, 0.25) is 0 Å². The van der Waals surface area contributed by atoms with Crippen LogP contribution >= 0.6 is 40.0 Å². The summed E-state index contributed by atoms with van der Waals surface area (Å²) in [5.74, 6) is 0. The van der Waals surface area contributed by atoms with Gasteiger partial charge in [-0.05, 0) is 21.1 Å². The standard InChI is InChI=1S/C3H9N.Cl4Ge/c1-4(2)3;1-5(2,3)4/h1-3H3;. The van der Waals surface area contributed by atoms with E-state index >= 15 is 0 Å². The molecule has 0 spiro atoms. The Bertz CT molecular complexity index is 52.6. The Labute approximate surface area is 75.3 Å². The van der Waals surface area contributed by atoms with E-state index in [4.69, 9.17) is 40.0 Å². The molecule has 0 unspecified atom stereocenters. The van der Waals surface area contributed by atoms with Crippen LogP contribution in [0.1, 0.15) is 0 Å². The predicted molar refractivity (Wildman–Crippen MR) is 48.8 cm³/mol. The molecule has 0 heterocycles. The van der Waals surface area contributed by atoms with Crippen LogP contribution in [-0.4, -0.2) is 35.6 Å². The summed E-state index contributed by atoms with van der Waals surface area (Å²) in [6.07, 6.45) is 0. The molecule has 0 atom stereocenters. The molecule has 0 aliphatic carbocycles. The fraction of sp³-hybridized carbons (Fsp3) is 1.00. The van der Waals surface area contributed by atoms with Crippen molar-refractivity contribution in [2.75, 3.05) is 21.1 Å². The molecule has 0 aliphatic rings. The minimum absolute atomic E-state index is 2.00. The van der Waals surface area contributed by atoms with Gasteiger partial charge in [-0.3, -0.25) is 0 Å². The van der Waals surface area contributed by atoms with Crippen LogP contribution in [0.4, 0.5) is 0 Å². The molecule has 0 aromatic rings. The summed E-state index contributed by atoms with van der Waals surface area (Å²) in [5.41, 5.74) is 0. The summed E-state index contributed by atoms with van der Waals surface area (Å²) in [6.45, 7) is 0. The van der Waals surface area contributed by atoms with Crippen molar-refractivity contribution in [3.8, 4) is 0 Å². The number of nitrogens with zero attached hydrogens (tertiary/aromatic N) is 1. The maximum atomic E-state index is 5.01. The van der Waals surface area contributed by atoms with E-state index in [9.17, 15) is 0 Å². The second-order valence-corrected chi connectivity index (χ2v) is 21.4. The van der Waals surface area contributed by atoms with E-state index in [-0.39, 0.29) is 0 Å². The molecule has 0 aromatic carbocycles. The Morgan fingerprint density at radius 2 is 0.889 bits per heavy atom. The first kappa shape index (κ1) is 13.3. The van der Waals surface area contributed by atoms with Crippen LogP contribution in [-0.2, 0) is 0 Å². The summed E-state index contributed by atoms with van der Waals surface area (Å²) >= 11 is 0. The van der Waals surface area contributed by atoms with Crippen LogP contribution in [0, 0.1) is 0 Å². The zero-order valence-electron chi connectivity index (χ0n) is 5.46. The van der Waals surface area contributed by atoms with Gasteiger partial charge in [-0.25, -0.2) is 0 Å². The number of hydrogen-bond acceptors (Lipinski definition) is 1. The molecule has 0 saturated heterocycles. The van der Waals surface area contributed by atoms with Crippen molar-refractivity contribution >= 4 is 49.6 Å². The minimum atomic E-state index is -3.11. The van der Waals surface area contributed by atoms with Crippen LogP contribution in [0.15, 0.2) is 0 Å². The molecule has 0 saturated carbocycles. The molecule has 0 amide bonds. The Kier molecular flexibility index (Phi) is 9.40. The van der Waals surface area contributed by atoms with Crippen molar-refractivity contribution in [2.24, 2.45) is 0 Å². The van der Waals surface area contributed by atoms with E-state index in [2.05, 4.69) is 0 Å². The van der Waals surface area contributed by atoms with Gasteiger partial charge in [0.1, 0.15) is 0 Å². The predicted octanol–water partition coefficient (Wildman–Crippen LogP) is 2.56. The van der Waals surface area contributed by atoms with Crippen LogP contribution in [0.25, 0.3) is 0 Å². The average molecular weight is 274 g/mol. The topological polar surface area (TPSA) is 3.24 Å². The van der Waals surface area contributed by atoms with Gasteiger partial charge in [0.2, 0.25) is 0 Å². The van der Waals surface area contributed by atoms with Gasteiger partial charge in [-0.1, -0.05) is 0 Å². The van der Waals surface area contributed by atoms with Crippen molar-refractivity contribution in [3.05, 3.63) is 0 Å². The molecular formula is C3H9Cl4GeN. The molecule has 6 heteroatoms. The van der Waals surface area contributed by atoms with Crippen LogP contribution in [0.3, 0.4) is 0 Å². The monoisotopic (exact) mass is 273 g/mol. The van der Waals surface area contributed by atoms with Gasteiger partial charge < -0.3 is 4.90 Å². The van der Waals surface area contributed by atoms with Crippen molar-refractivity contribution in [2.45, 2.75) is 0 Å². The molecule has 58 valence electrons. The van der Waals surface area contributed by atoms with Gasteiger partial charge in [-0.2, -0.15) is 0 Å². The zero-order chi connectivity index (χ0) is 8.08. The van der Waals surface area contributed by atoms with Crippen molar-refractivity contribution < 1.29 is 0 Å². The summed E-state index contributed by atoms with van der Waals surface area (Å²) in [5, 5.41) is 0. The first-order valence-electron chi connectivity index (χ1n) is 2.10. The second-order valence-electron chi connectivity index (χ2n) is 1.77. The molecular weight excluding hydrogens is 264 g/mol.